The fraction of sp³-hybridized carbons (Fsp3) is 0.333. The van der Waals surface area contributed by atoms with E-state index in [9.17, 15) is 14.4 Å². The fourth-order valence-corrected chi connectivity index (χ4v) is 2.95. The van der Waals surface area contributed by atoms with Crippen molar-refractivity contribution in [3.05, 3.63) is 41.2 Å². The first kappa shape index (κ1) is 17.7. The Kier molecular flexibility index (Phi) is 4.75. The van der Waals surface area contributed by atoms with Crippen molar-refractivity contribution in [2.45, 2.75) is 32.7 Å². The molecule has 0 saturated carbocycles. The molecule has 3 rings (SSSR count). The van der Waals surface area contributed by atoms with Gasteiger partial charge in [-0.15, -0.1) is 0 Å². The molecule has 1 atom stereocenters. The van der Waals surface area contributed by atoms with E-state index in [4.69, 9.17) is 0 Å². The van der Waals surface area contributed by atoms with E-state index in [2.05, 4.69) is 21.0 Å². The van der Waals surface area contributed by atoms with Crippen LogP contribution in [0, 0.1) is 13.8 Å². The zero-order valence-corrected chi connectivity index (χ0v) is 14.9. The molecule has 2 aromatic rings. The van der Waals surface area contributed by atoms with Gasteiger partial charge in [0, 0.05) is 13.5 Å². The lowest BCUT2D eigenvalue weighted by Gasteiger charge is -2.14. The van der Waals surface area contributed by atoms with E-state index in [0.29, 0.717) is 16.9 Å². The number of fused-ring (bicyclic) bond motifs is 1. The predicted molar refractivity (Wildman–Crippen MR) is 96.9 cm³/mol. The average Bonchev–Trinajstić information content (AvgIpc) is 2.77. The van der Waals surface area contributed by atoms with Crippen LogP contribution in [0.3, 0.4) is 0 Å². The summed E-state index contributed by atoms with van der Waals surface area (Å²) in [5.41, 5.74) is 3.15. The van der Waals surface area contributed by atoms with E-state index in [1.165, 1.54) is 0 Å². The first-order chi connectivity index (χ1) is 12.4. The summed E-state index contributed by atoms with van der Waals surface area (Å²) in [6.45, 7) is 3.69. The van der Waals surface area contributed by atoms with Gasteiger partial charge in [-0.1, -0.05) is 12.1 Å². The minimum absolute atomic E-state index is 0.0997. The second-order valence-corrected chi connectivity index (χ2v) is 6.32. The third kappa shape index (κ3) is 3.44. The third-order valence-electron chi connectivity index (χ3n) is 4.48. The van der Waals surface area contributed by atoms with Crippen molar-refractivity contribution < 1.29 is 14.4 Å². The van der Waals surface area contributed by atoms with Crippen LogP contribution < -0.4 is 16.0 Å². The maximum absolute atomic E-state index is 12.3. The Bertz CT molecular complexity index is 887. The number of aromatic nitrogens is 2. The summed E-state index contributed by atoms with van der Waals surface area (Å²) < 4.78 is 1.70. The Labute approximate surface area is 151 Å². The van der Waals surface area contributed by atoms with E-state index in [0.717, 1.165) is 11.4 Å². The Morgan fingerprint density at radius 1 is 1.27 bits per heavy atom. The van der Waals surface area contributed by atoms with Crippen LogP contribution in [0.2, 0.25) is 0 Å². The quantitative estimate of drug-likeness (QED) is 0.773. The summed E-state index contributed by atoms with van der Waals surface area (Å²) in [6.07, 6.45) is 0.304. The van der Waals surface area contributed by atoms with Crippen molar-refractivity contribution in [2.75, 3.05) is 10.6 Å². The van der Waals surface area contributed by atoms with Gasteiger partial charge in [0.15, 0.2) is 0 Å². The number of para-hydroxylation sites is 1. The van der Waals surface area contributed by atoms with Crippen molar-refractivity contribution in [3.63, 3.8) is 0 Å². The largest absolute Gasteiger partial charge is 0.340 e. The van der Waals surface area contributed by atoms with Crippen molar-refractivity contribution in [3.8, 4) is 0 Å². The number of nitrogens with one attached hydrogen (secondary N) is 3. The van der Waals surface area contributed by atoms with Gasteiger partial charge in [-0.25, -0.2) is 0 Å². The number of amides is 3. The number of benzene rings is 1. The normalized spacial score (nSPS) is 16.3. The summed E-state index contributed by atoms with van der Waals surface area (Å²) in [6, 6.07) is 6.04. The maximum atomic E-state index is 12.3. The number of hydrogen-bond acceptors (Lipinski definition) is 4. The van der Waals surface area contributed by atoms with Crippen molar-refractivity contribution in [1.82, 2.24) is 15.1 Å². The van der Waals surface area contributed by atoms with Crippen LogP contribution in [0.4, 0.5) is 11.4 Å². The first-order valence-corrected chi connectivity index (χ1v) is 8.37. The molecule has 1 aliphatic heterocycles. The van der Waals surface area contributed by atoms with E-state index in [1.54, 1.807) is 36.0 Å². The molecule has 0 spiro atoms. The molecule has 0 unspecified atom stereocenters. The Morgan fingerprint density at radius 3 is 2.69 bits per heavy atom. The predicted octanol–water partition coefficient (Wildman–Crippen LogP) is 1.51. The highest BCUT2D eigenvalue weighted by atomic mass is 16.2. The molecular formula is C18H21N5O3. The Hall–Kier alpha value is -3.16. The molecule has 3 amide bonds. The maximum Gasteiger partial charge on any atom is 0.254 e. The van der Waals surface area contributed by atoms with Gasteiger partial charge in [-0.3, -0.25) is 19.1 Å². The van der Waals surface area contributed by atoms with Gasteiger partial charge in [-0.2, -0.15) is 5.10 Å². The summed E-state index contributed by atoms with van der Waals surface area (Å²) in [5.74, 6) is -0.888. The molecule has 0 radical (unpaired) electrons. The van der Waals surface area contributed by atoms with Gasteiger partial charge in [0.05, 0.1) is 28.3 Å². The van der Waals surface area contributed by atoms with Gasteiger partial charge in [0.25, 0.3) is 5.91 Å². The lowest BCUT2D eigenvalue weighted by atomic mass is 10.1. The van der Waals surface area contributed by atoms with E-state index < -0.39 is 6.04 Å². The van der Waals surface area contributed by atoms with Gasteiger partial charge in [0.1, 0.15) is 6.04 Å². The van der Waals surface area contributed by atoms with Gasteiger partial charge in [-0.05, 0) is 32.4 Å². The number of carbonyl (C=O) groups is 3. The molecule has 0 aliphatic carbocycles. The molecule has 136 valence electrons. The third-order valence-corrected chi connectivity index (χ3v) is 4.48. The molecule has 1 aromatic carbocycles. The SMILES string of the molecule is Cc1nn(C)c(C)c1NC(=O)CC[C@@H]1NC(=O)c2ccccc2NC1=O. The highest BCUT2D eigenvalue weighted by Gasteiger charge is 2.28. The zero-order chi connectivity index (χ0) is 18.8. The van der Waals surface area contributed by atoms with E-state index in [-0.39, 0.29) is 30.6 Å². The topological polar surface area (TPSA) is 105 Å². The van der Waals surface area contributed by atoms with Gasteiger partial charge < -0.3 is 16.0 Å². The molecule has 0 fully saturated rings. The van der Waals surface area contributed by atoms with Crippen molar-refractivity contribution in [2.24, 2.45) is 7.05 Å². The van der Waals surface area contributed by atoms with Crippen LogP contribution >= 0.6 is 0 Å². The van der Waals surface area contributed by atoms with Crippen LogP contribution in [0.1, 0.15) is 34.6 Å². The Morgan fingerprint density at radius 2 is 2.00 bits per heavy atom. The van der Waals surface area contributed by atoms with Crippen LogP contribution in [-0.4, -0.2) is 33.5 Å². The van der Waals surface area contributed by atoms with E-state index >= 15 is 0 Å². The summed E-state index contributed by atoms with van der Waals surface area (Å²) in [7, 11) is 1.81. The number of anilines is 2. The summed E-state index contributed by atoms with van der Waals surface area (Å²) in [4.78, 5) is 36.9. The van der Waals surface area contributed by atoms with Crippen LogP contribution in [0.5, 0.6) is 0 Å². The molecule has 1 aromatic heterocycles. The Balaban J connectivity index is 1.63. The standard InChI is InChI=1S/C18H21N5O3/c1-10-16(11(2)23(3)22-10)21-15(24)9-8-14-18(26)19-13-7-5-4-6-12(13)17(25)20-14/h4-7,14H,8-9H2,1-3H3,(H,19,26)(H,20,25)(H,21,24)/t14-/m0/s1. The molecular weight excluding hydrogens is 334 g/mol. The molecule has 0 bridgehead atoms. The molecule has 26 heavy (non-hydrogen) atoms. The van der Waals surface area contributed by atoms with Crippen molar-refractivity contribution in [1.29, 1.82) is 0 Å². The molecule has 8 heteroatoms. The summed E-state index contributed by atoms with van der Waals surface area (Å²) in [5, 5.41) is 12.5. The van der Waals surface area contributed by atoms with Crippen molar-refractivity contribution >= 4 is 29.1 Å². The average molecular weight is 355 g/mol. The number of hydrogen-bond donors (Lipinski definition) is 3. The van der Waals surface area contributed by atoms with Crippen LogP contribution in [-0.2, 0) is 16.6 Å². The molecule has 0 saturated heterocycles. The smallest absolute Gasteiger partial charge is 0.254 e. The molecule has 8 nitrogen and oxygen atoms in total. The minimum atomic E-state index is -0.767. The number of rotatable bonds is 4. The van der Waals surface area contributed by atoms with Crippen LogP contribution in [0.25, 0.3) is 0 Å². The first-order valence-electron chi connectivity index (χ1n) is 8.37. The zero-order valence-electron chi connectivity index (χ0n) is 14.9. The number of nitrogens with zero attached hydrogens (tertiary/aromatic N) is 2. The number of carbonyl (C=O) groups excluding carboxylic acids is 3. The molecule has 2 heterocycles. The van der Waals surface area contributed by atoms with E-state index in [1.807, 2.05) is 13.8 Å². The minimum Gasteiger partial charge on any atom is -0.340 e. The van der Waals surface area contributed by atoms with Gasteiger partial charge >= 0.3 is 0 Å². The molecule has 1 aliphatic rings. The lowest BCUT2D eigenvalue weighted by Crippen LogP contribution is -2.41. The highest BCUT2D eigenvalue weighted by Crippen LogP contribution is 2.21. The monoisotopic (exact) mass is 355 g/mol. The lowest BCUT2D eigenvalue weighted by molar-refractivity contribution is -0.118. The second-order valence-electron chi connectivity index (χ2n) is 6.32. The second kappa shape index (κ2) is 6.99. The fourth-order valence-electron chi connectivity index (χ4n) is 2.95. The van der Waals surface area contributed by atoms with Gasteiger partial charge in [0.2, 0.25) is 11.8 Å². The molecule has 3 N–H and O–H groups in total. The number of aryl methyl sites for hydroxylation is 2. The highest BCUT2D eigenvalue weighted by molar-refractivity contribution is 6.10. The van der Waals surface area contributed by atoms with Crippen LogP contribution in [0.15, 0.2) is 24.3 Å². The summed E-state index contributed by atoms with van der Waals surface area (Å²) >= 11 is 0.